The number of nitrogens with zero attached hydrogens (tertiary/aromatic N) is 2. The fourth-order valence-electron chi connectivity index (χ4n) is 2.94. The number of carbonyl (C=O) groups excluding carboxylic acids is 1. The van der Waals surface area contributed by atoms with Gasteiger partial charge in [0.2, 0.25) is 5.91 Å². The Morgan fingerprint density at radius 3 is 2.95 bits per heavy atom. The topological polar surface area (TPSA) is 35.6 Å². The van der Waals surface area contributed by atoms with Gasteiger partial charge in [-0.25, -0.2) is 0 Å². The summed E-state index contributed by atoms with van der Waals surface area (Å²) in [6.45, 7) is 3.35. The number of rotatable bonds is 2. The van der Waals surface area contributed by atoms with Crippen LogP contribution in [0.1, 0.15) is 24.4 Å². The van der Waals surface area contributed by atoms with Crippen LogP contribution in [0.15, 0.2) is 24.3 Å². The van der Waals surface area contributed by atoms with Gasteiger partial charge in [0, 0.05) is 24.8 Å². The summed E-state index contributed by atoms with van der Waals surface area (Å²) in [5.74, 6) is 0.199. The number of anilines is 1. The molecule has 1 N–H and O–H groups in total. The highest BCUT2D eigenvalue weighted by Gasteiger charge is 2.24. The summed E-state index contributed by atoms with van der Waals surface area (Å²) >= 11 is 0. The summed E-state index contributed by atoms with van der Waals surface area (Å²) in [5, 5.41) is 3.51. The van der Waals surface area contributed by atoms with E-state index in [0.717, 1.165) is 25.3 Å². The van der Waals surface area contributed by atoms with E-state index >= 15 is 0 Å². The third-order valence-corrected chi connectivity index (χ3v) is 4.06. The van der Waals surface area contributed by atoms with Gasteiger partial charge in [-0.3, -0.25) is 9.69 Å². The minimum Gasteiger partial charge on any atom is -0.310 e. The number of piperazine rings is 1. The van der Waals surface area contributed by atoms with Gasteiger partial charge in [0.25, 0.3) is 0 Å². The molecule has 1 aromatic carbocycles. The molecule has 2 fully saturated rings. The van der Waals surface area contributed by atoms with Crippen molar-refractivity contribution in [3.8, 4) is 0 Å². The Balaban J connectivity index is 1.80. The molecule has 1 amide bonds. The second-order valence-corrected chi connectivity index (χ2v) is 5.53. The number of amides is 1. The standard InChI is InChI=1S/C15H21N3O/c1-17-8-9-18(15(19)11-17)13-5-2-4-12(10-13)14-6-3-7-16-14/h2,4-5,10,14,16H,3,6-9,11H2,1H3. The van der Waals surface area contributed by atoms with E-state index in [2.05, 4.69) is 28.4 Å². The molecule has 0 radical (unpaired) electrons. The maximum atomic E-state index is 12.1. The molecule has 2 aliphatic rings. The van der Waals surface area contributed by atoms with E-state index in [1.807, 2.05) is 18.0 Å². The molecular formula is C15H21N3O. The van der Waals surface area contributed by atoms with Gasteiger partial charge in [0.1, 0.15) is 0 Å². The molecule has 19 heavy (non-hydrogen) atoms. The van der Waals surface area contributed by atoms with Crippen molar-refractivity contribution in [3.05, 3.63) is 29.8 Å². The van der Waals surface area contributed by atoms with Crippen LogP contribution in [0.5, 0.6) is 0 Å². The van der Waals surface area contributed by atoms with Gasteiger partial charge >= 0.3 is 0 Å². The van der Waals surface area contributed by atoms with Gasteiger partial charge in [-0.1, -0.05) is 12.1 Å². The smallest absolute Gasteiger partial charge is 0.241 e. The Kier molecular flexibility index (Phi) is 3.53. The van der Waals surface area contributed by atoms with Gasteiger partial charge in [-0.15, -0.1) is 0 Å². The molecule has 4 nitrogen and oxygen atoms in total. The van der Waals surface area contributed by atoms with Crippen LogP contribution in [-0.2, 0) is 4.79 Å². The molecule has 0 aromatic heterocycles. The minimum absolute atomic E-state index is 0.199. The Morgan fingerprint density at radius 1 is 1.32 bits per heavy atom. The highest BCUT2D eigenvalue weighted by atomic mass is 16.2. The summed E-state index contributed by atoms with van der Waals surface area (Å²) in [7, 11) is 1.99. The largest absolute Gasteiger partial charge is 0.310 e. The number of benzene rings is 1. The van der Waals surface area contributed by atoms with Crippen LogP contribution >= 0.6 is 0 Å². The van der Waals surface area contributed by atoms with Crippen molar-refractivity contribution in [3.63, 3.8) is 0 Å². The van der Waals surface area contributed by atoms with E-state index in [1.165, 1.54) is 18.4 Å². The van der Waals surface area contributed by atoms with Gasteiger partial charge in [0.15, 0.2) is 0 Å². The maximum absolute atomic E-state index is 12.1. The Bertz CT molecular complexity index is 468. The lowest BCUT2D eigenvalue weighted by Gasteiger charge is -2.32. The zero-order chi connectivity index (χ0) is 13.2. The number of hydrogen-bond donors (Lipinski definition) is 1. The van der Waals surface area contributed by atoms with Crippen molar-refractivity contribution in [1.29, 1.82) is 0 Å². The minimum atomic E-state index is 0.199. The summed E-state index contributed by atoms with van der Waals surface area (Å²) in [4.78, 5) is 16.1. The lowest BCUT2D eigenvalue weighted by molar-refractivity contribution is -0.120. The molecule has 0 aliphatic carbocycles. The number of likely N-dealkylation sites (N-methyl/N-ethyl adjacent to an activating group) is 1. The molecule has 1 aromatic rings. The molecule has 4 heteroatoms. The average Bonchev–Trinajstić information content (AvgIpc) is 2.93. The summed E-state index contributed by atoms with van der Waals surface area (Å²) in [5.41, 5.74) is 2.35. The SMILES string of the molecule is CN1CCN(c2cccc(C3CCCN3)c2)C(=O)C1. The van der Waals surface area contributed by atoms with Crippen molar-refractivity contribution < 1.29 is 4.79 Å². The zero-order valence-electron chi connectivity index (χ0n) is 11.4. The molecule has 0 spiro atoms. The van der Waals surface area contributed by atoms with E-state index in [9.17, 15) is 4.79 Å². The van der Waals surface area contributed by atoms with Gasteiger partial charge < -0.3 is 10.2 Å². The van der Waals surface area contributed by atoms with Crippen molar-refractivity contribution in [1.82, 2.24) is 10.2 Å². The van der Waals surface area contributed by atoms with E-state index in [-0.39, 0.29) is 5.91 Å². The summed E-state index contributed by atoms with van der Waals surface area (Å²) in [6, 6.07) is 8.90. The molecule has 0 bridgehead atoms. The second-order valence-electron chi connectivity index (χ2n) is 5.53. The van der Waals surface area contributed by atoms with Crippen molar-refractivity contribution in [2.45, 2.75) is 18.9 Å². The first-order valence-electron chi connectivity index (χ1n) is 7.06. The van der Waals surface area contributed by atoms with Crippen LogP contribution in [-0.4, -0.2) is 44.0 Å². The van der Waals surface area contributed by atoms with Gasteiger partial charge in [-0.2, -0.15) is 0 Å². The fourth-order valence-corrected chi connectivity index (χ4v) is 2.94. The quantitative estimate of drug-likeness (QED) is 0.872. The highest BCUT2D eigenvalue weighted by Crippen LogP contribution is 2.27. The van der Waals surface area contributed by atoms with Crippen LogP contribution < -0.4 is 10.2 Å². The normalized spacial score (nSPS) is 25.0. The molecule has 2 saturated heterocycles. The van der Waals surface area contributed by atoms with E-state index < -0.39 is 0 Å². The van der Waals surface area contributed by atoms with Crippen LogP contribution in [0.2, 0.25) is 0 Å². The van der Waals surface area contributed by atoms with E-state index in [0.29, 0.717) is 12.6 Å². The number of hydrogen-bond acceptors (Lipinski definition) is 3. The molecular weight excluding hydrogens is 238 g/mol. The molecule has 1 unspecified atom stereocenters. The first kappa shape index (κ1) is 12.6. The number of nitrogens with one attached hydrogen (secondary N) is 1. The number of carbonyl (C=O) groups is 1. The van der Waals surface area contributed by atoms with E-state index in [4.69, 9.17) is 0 Å². The second kappa shape index (κ2) is 5.31. The Labute approximate surface area is 114 Å². The third-order valence-electron chi connectivity index (χ3n) is 4.06. The Morgan fingerprint density at radius 2 is 2.21 bits per heavy atom. The molecule has 1 atom stereocenters. The van der Waals surface area contributed by atoms with Crippen molar-refractivity contribution in [2.75, 3.05) is 38.1 Å². The lowest BCUT2D eigenvalue weighted by Crippen LogP contribution is -2.48. The predicted molar refractivity (Wildman–Crippen MR) is 76.3 cm³/mol. The molecule has 2 heterocycles. The fraction of sp³-hybridized carbons (Fsp3) is 0.533. The van der Waals surface area contributed by atoms with Crippen LogP contribution in [0, 0.1) is 0 Å². The van der Waals surface area contributed by atoms with Crippen molar-refractivity contribution in [2.24, 2.45) is 0 Å². The first-order chi connectivity index (χ1) is 9.24. The van der Waals surface area contributed by atoms with Gasteiger partial charge in [-0.05, 0) is 44.1 Å². The van der Waals surface area contributed by atoms with Crippen molar-refractivity contribution >= 4 is 11.6 Å². The molecule has 2 aliphatic heterocycles. The first-order valence-corrected chi connectivity index (χ1v) is 7.06. The predicted octanol–water partition coefficient (Wildman–Crippen LogP) is 1.39. The summed E-state index contributed by atoms with van der Waals surface area (Å²) in [6.07, 6.45) is 2.43. The van der Waals surface area contributed by atoms with Crippen LogP contribution in [0.3, 0.4) is 0 Å². The van der Waals surface area contributed by atoms with Crippen LogP contribution in [0.25, 0.3) is 0 Å². The monoisotopic (exact) mass is 259 g/mol. The maximum Gasteiger partial charge on any atom is 0.241 e. The highest BCUT2D eigenvalue weighted by molar-refractivity contribution is 5.95. The van der Waals surface area contributed by atoms with Gasteiger partial charge in [0.05, 0.1) is 6.54 Å². The third kappa shape index (κ3) is 2.65. The lowest BCUT2D eigenvalue weighted by atomic mass is 10.0. The molecule has 0 saturated carbocycles. The zero-order valence-corrected chi connectivity index (χ0v) is 11.4. The van der Waals surface area contributed by atoms with E-state index in [1.54, 1.807) is 0 Å². The Hall–Kier alpha value is -1.39. The summed E-state index contributed by atoms with van der Waals surface area (Å²) < 4.78 is 0. The molecule has 3 rings (SSSR count). The average molecular weight is 259 g/mol. The molecule has 102 valence electrons. The van der Waals surface area contributed by atoms with Crippen LogP contribution in [0.4, 0.5) is 5.69 Å².